The van der Waals surface area contributed by atoms with Gasteiger partial charge in [0.1, 0.15) is 6.10 Å². The smallest absolute Gasteiger partial charge is 0.302 e. The molecular formula is C49H68O8SSi. The Balaban J connectivity index is 1.49. The van der Waals surface area contributed by atoms with E-state index in [0.29, 0.717) is 45.3 Å². The van der Waals surface area contributed by atoms with Gasteiger partial charge in [0.15, 0.2) is 10.9 Å². The van der Waals surface area contributed by atoms with Crippen LogP contribution in [0.2, 0.25) is 5.04 Å². The minimum Gasteiger partial charge on any atom is -0.462 e. The van der Waals surface area contributed by atoms with Crippen molar-refractivity contribution < 1.29 is 37.7 Å². The molecule has 10 heteroatoms. The van der Waals surface area contributed by atoms with E-state index >= 15 is 0 Å². The van der Waals surface area contributed by atoms with E-state index in [9.17, 15) is 9.59 Å². The number of carbonyl (C=O) groups excluding carboxylic acids is 2. The van der Waals surface area contributed by atoms with E-state index in [-0.39, 0.29) is 39.5 Å². The SMILES string of the molecule is C=C1C[C@H](COCc2ccccc2)O[C@H](C[C@]2(OC)O[C@H](C[C@H](CC(=O)SC(C)(C)C)O[Si](c3ccccc3)(c3ccccc3)C(C)(C)C)C[C@H](OC(C)=O)C2(C)C)C1. The number of methoxy groups -OCH3 is 1. The fraction of sp³-hybridized carbons (Fsp3) is 0.551. The van der Waals surface area contributed by atoms with Crippen molar-refractivity contribution in [3.63, 3.8) is 0 Å². The molecule has 59 heavy (non-hydrogen) atoms. The lowest BCUT2D eigenvalue weighted by Gasteiger charge is -2.56. The maximum Gasteiger partial charge on any atom is 0.302 e. The molecule has 322 valence electrons. The summed E-state index contributed by atoms with van der Waals surface area (Å²) in [5.74, 6) is -1.59. The van der Waals surface area contributed by atoms with Crippen LogP contribution in [-0.4, -0.2) is 74.2 Å². The number of benzene rings is 3. The quantitative estimate of drug-likeness (QED) is 0.0795. The Morgan fingerprint density at radius 3 is 1.95 bits per heavy atom. The zero-order chi connectivity index (χ0) is 43.1. The van der Waals surface area contributed by atoms with Crippen LogP contribution < -0.4 is 10.4 Å². The molecule has 0 aliphatic carbocycles. The lowest BCUT2D eigenvalue weighted by Crippen LogP contribution is -2.68. The largest absolute Gasteiger partial charge is 0.462 e. The maximum atomic E-state index is 14.0. The molecule has 5 rings (SSSR count). The average Bonchev–Trinajstić information content (AvgIpc) is 3.15. The van der Waals surface area contributed by atoms with Crippen LogP contribution >= 0.6 is 11.8 Å². The van der Waals surface area contributed by atoms with Crippen LogP contribution in [-0.2, 0) is 44.3 Å². The van der Waals surface area contributed by atoms with Crippen LogP contribution in [0.1, 0.15) is 106 Å². The Hall–Kier alpha value is -3.09. The molecule has 2 aliphatic heterocycles. The van der Waals surface area contributed by atoms with Crippen LogP contribution in [0.5, 0.6) is 0 Å². The normalized spacial score (nSPS) is 24.3. The van der Waals surface area contributed by atoms with Crippen molar-refractivity contribution in [1.29, 1.82) is 0 Å². The van der Waals surface area contributed by atoms with Crippen LogP contribution in [0.3, 0.4) is 0 Å². The Morgan fingerprint density at radius 2 is 1.42 bits per heavy atom. The molecule has 0 saturated carbocycles. The number of ether oxygens (including phenoxy) is 5. The molecule has 3 aromatic carbocycles. The van der Waals surface area contributed by atoms with Crippen molar-refractivity contribution in [3.05, 3.63) is 109 Å². The number of thioether (sulfide) groups is 1. The second-order valence-electron chi connectivity index (χ2n) is 18.9. The van der Waals surface area contributed by atoms with Gasteiger partial charge in [-0.3, -0.25) is 9.59 Å². The summed E-state index contributed by atoms with van der Waals surface area (Å²) in [6.07, 6.45) is 0.662. The van der Waals surface area contributed by atoms with E-state index in [1.807, 2.05) is 56.3 Å². The van der Waals surface area contributed by atoms with Crippen molar-refractivity contribution in [1.82, 2.24) is 0 Å². The lowest BCUT2D eigenvalue weighted by atomic mass is 9.70. The lowest BCUT2D eigenvalue weighted by molar-refractivity contribution is -0.358. The third kappa shape index (κ3) is 11.8. The Kier molecular flexibility index (Phi) is 15.7. The van der Waals surface area contributed by atoms with E-state index in [0.717, 1.165) is 21.5 Å². The molecule has 2 heterocycles. The highest BCUT2D eigenvalue weighted by Crippen LogP contribution is 2.51. The van der Waals surface area contributed by atoms with Gasteiger partial charge in [-0.1, -0.05) is 170 Å². The predicted octanol–water partition coefficient (Wildman–Crippen LogP) is 9.57. The van der Waals surface area contributed by atoms with Gasteiger partial charge < -0.3 is 28.1 Å². The standard InChI is InChI=1S/C49H68O8SSi/c1-35-27-40(55-41(28-35)34-53-33-37-21-15-12-16-22-37)32-49(52-11)48(9,10)44(54-36(2)50)30-38(56-49)29-39(31-45(51)58-46(3,4)5)57-59(47(6,7)8,42-23-17-13-18-24-42)43-25-19-14-20-26-43/h12-26,38-41,44H,1,27-34H2,2-11H3/t38-,39-,40+,41-,44+,49+/m1/s1. The topological polar surface area (TPSA) is 89.5 Å². The van der Waals surface area contributed by atoms with Gasteiger partial charge in [-0.15, -0.1) is 0 Å². The molecule has 0 bridgehead atoms. The average molecular weight is 845 g/mol. The third-order valence-electron chi connectivity index (χ3n) is 11.7. The molecule has 2 aliphatic rings. The van der Waals surface area contributed by atoms with Crippen LogP contribution in [0.4, 0.5) is 0 Å². The monoisotopic (exact) mass is 844 g/mol. The number of hydrogen-bond donors (Lipinski definition) is 0. The predicted molar refractivity (Wildman–Crippen MR) is 240 cm³/mol. The van der Waals surface area contributed by atoms with Crippen LogP contribution in [0.25, 0.3) is 0 Å². The summed E-state index contributed by atoms with van der Waals surface area (Å²) < 4.78 is 40.2. The van der Waals surface area contributed by atoms with Gasteiger partial charge in [-0.2, -0.15) is 0 Å². The molecule has 0 spiro atoms. The maximum absolute atomic E-state index is 14.0. The first-order valence-electron chi connectivity index (χ1n) is 21.1. The van der Waals surface area contributed by atoms with Gasteiger partial charge in [0.2, 0.25) is 0 Å². The van der Waals surface area contributed by atoms with E-state index < -0.39 is 37.8 Å². The minimum atomic E-state index is -3.10. The number of hydrogen-bond acceptors (Lipinski definition) is 9. The Morgan fingerprint density at radius 1 is 0.864 bits per heavy atom. The fourth-order valence-electron chi connectivity index (χ4n) is 8.97. The highest BCUT2D eigenvalue weighted by molar-refractivity contribution is 8.14. The Labute approximate surface area is 359 Å². The first kappa shape index (κ1) is 47.0. The van der Waals surface area contributed by atoms with Gasteiger partial charge >= 0.3 is 5.97 Å². The molecule has 2 fully saturated rings. The van der Waals surface area contributed by atoms with Gasteiger partial charge in [-0.05, 0) is 40.2 Å². The molecule has 0 N–H and O–H groups in total. The van der Waals surface area contributed by atoms with Crippen LogP contribution in [0.15, 0.2) is 103 Å². The van der Waals surface area contributed by atoms with Crippen LogP contribution in [0, 0.1) is 5.41 Å². The molecular weight excluding hydrogens is 777 g/mol. The van der Waals surface area contributed by atoms with Gasteiger partial charge in [-0.25, -0.2) is 0 Å². The van der Waals surface area contributed by atoms with Crippen molar-refractivity contribution in [2.24, 2.45) is 5.41 Å². The Bertz CT molecular complexity index is 1780. The zero-order valence-corrected chi connectivity index (χ0v) is 38.9. The molecule has 3 aromatic rings. The summed E-state index contributed by atoms with van der Waals surface area (Å²) >= 11 is 1.34. The molecule has 6 atom stereocenters. The summed E-state index contributed by atoms with van der Waals surface area (Å²) in [6, 6.07) is 31.1. The van der Waals surface area contributed by atoms with E-state index in [1.165, 1.54) is 18.7 Å². The molecule has 0 amide bonds. The number of rotatable bonds is 16. The van der Waals surface area contributed by atoms with Gasteiger partial charge in [0.25, 0.3) is 8.32 Å². The fourth-order valence-corrected chi connectivity index (χ4v) is 14.6. The molecule has 0 unspecified atom stereocenters. The molecule has 0 radical (unpaired) electrons. The highest BCUT2D eigenvalue weighted by Gasteiger charge is 2.60. The number of carbonyl (C=O) groups is 2. The number of esters is 1. The second-order valence-corrected chi connectivity index (χ2v) is 25.1. The van der Waals surface area contributed by atoms with Crippen molar-refractivity contribution >= 4 is 41.5 Å². The van der Waals surface area contributed by atoms with Crippen molar-refractivity contribution in [2.45, 2.75) is 154 Å². The first-order chi connectivity index (χ1) is 27.8. The summed E-state index contributed by atoms with van der Waals surface area (Å²) in [5, 5.41) is 2.00. The molecule has 2 saturated heterocycles. The van der Waals surface area contributed by atoms with E-state index in [1.54, 1.807) is 7.11 Å². The van der Waals surface area contributed by atoms with Crippen molar-refractivity contribution in [3.8, 4) is 0 Å². The van der Waals surface area contributed by atoms with E-state index in [4.69, 9.17) is 28.1 Å². The van der Waals surface area contributed by atoms with Gasteiger partial charge in [0.05, 0.1) is 43.0 Å². The molecule has 8 nitrogen and oxygen atoms in total. The summed E-state index contributed by atoms with van der Waals surface area (Å²) in [7, 11) is -1.44. The third-order valence-corrected chi connectivity index (χ3v) is 17.8. The minimum absolute atomic E-state index is 0.0563. The summed E-state index contributed by atoms with van der Waals surface area (Å²) in [6.45, 7) is 23.7. The summed E-state index contributed by atoms with van der Waals surface area (Å²) in [4.78, 5) is 26.8. The van der Waals surface area contributed by atoms with E-state index in [2.05, 4.69) is 96.7 Å². The first-order valence-corrected chi connectivity index (χ1v) is 23.8. The van der Waals surface area contributed by atoms with Gasteiger partial charge in [0, 0.05) is 38.0 Å². The second kappa shape index (κ2) is 19.7. The summed E-state index contributed by atoms with van der Waals surface area (Å²) in [5.41, 5.74) is 1.40. The van der Waals surface area contributed by atoms with Crippen molar-refractivity contribution in [2.75, 3.05) is 13.7 Å². The molecule has 0 aromatic heterocycles. The zero-order valence-electron chi connectivity index (χ0n) is 37.1. The highest BCUT2D eigenvalue weighted by atomic mass is 32.2.